The molecule has 0 saturated heterocycles. The number of rotatable bonds is 3. The Morgan fingerprint density at radius 1 is 1.57 bits per heavy atom. The van der Waals surface area contributed by atoms with Crippen molar-refractivity contribution >= 4 is 12.2 Å². The van der Waals surface area contributed by atoms with Crippen LogP contribution < -0.4 is 0 Å². The molecule has 0 aliphatic heterocycles. The average molecular weight is 211 g/mol. The average Bonchev–Trinajstić information content (AvgIpc) is 2.33. The SMILES string of the molecule is C=CCn1c(CC(C)(C)C)n[nH]c1=S. The first-order valence-corrected chi connectivity index (χ1v) is 5.10. The lowest BCUT2D eigenvalue weighted by Crippen LogP contribution is -2.14. The highest BCUT2D eigenvalue weighted by Crippen LogP contribution is 2.19. The normalized spacial score (nSPS) is 11.6. The lowest BCUT2D eigenvalue weighted by Gasteiger charge is -2.17. The number of aromatic amines is 1. The Kier molecular flexibility index (Phi) is 3.26. The van der Waals surface area contributed by atoms with Crippen molar-refractivity contribution in [1.29, 1.82) is 0 Å². The molecule has 3 nitrogen and oxygen atoms in total. The molecule has 0 amide bonds. The van der Waals surface area contributed by atoms with Crippen LogP contribution in [0.5, 0.6) is 0 Å². The van der Waals surface area contributed by atoms with Gasteiger partial charge in [0, 0.05) is 13.0 Å². The van der Waals surface area contributed by atoms with Gasteiger partial charge in [0.15, 0.2) is 4.77 Å². The minimum absolute atomic E-state index is 0.222. The monoisotopic (exact) mass is 211 g/mol. The molecular formula is C10H17N3S. The molecule has 0 atom stereocenters. The smallest absolute Gasteiger partial charge is 0.195 e. The van der Waals surface area contributed by atoms with Crippen LogP contribution in [0.4, 0.5) is 0 Å². The van der Waals surface area contributed by atoms with Crippen molar-refractivity contribution in [2.45, 2.75) is 33.7 Å². The Bertz CT molecular complexity index is 367. The molecular weight excluding hydrogens is 194 g/mol. The first kappa shape index (κ1) is 11.2. The van der Waals surface area contributed by atoms with Crippen molar-refractivity contribution < 1.29 is 0 Å². The molecule has 0 unspecified atom stereocenters. The minimum Gasteiger partial charge on any atom is -0.300 e. The van der Waals surface area contributed by atoms with E-state index in [0.29, 0.717) is 4.77 Å². The summed E-state index contributed by atoms with van der Waals surface area (Å²) < 4.78 is 2.65. The van der Waals surface area contributed by atoms with Gasteiger partial charge in [0.25, 0.3) is 0 Å². The third-order valence-electron chi connectivity index (χ3n) is 1.84. The van der Waals surface area contributed by atoms with E-state index in [1.54, 1.807) is 0 Å². The third kappa shape index (κ3) is 2.80. The van der Waals surface area contributed by atoms with E-state index in [-0.39, 0.29) is 5.41 Å². The van der Waals surface area contributed by atoms with Crippen molar-refractivity contribution in [2.75, 3.05) is 0 Å². The highest BCUT2D eigenvalue weighted by Gasteiger charge is 2.15. The van der Waals surface area contributed by atoms with E-state index in [2.05, 4.69) is 37.5 Å². The first-order chi connectivity index (χ1) is 6.44. The molecule has 1 aromatic heterocycles. The van der Waals surface area contributed by atoms with E-state index in [9.17, 15) is 0 Å². The molecule has 0 aliphatic rings. The van der Waals surface area contributed by atoms with Gasteiger partial charge in [-0.1, -0.05) is 26.8 Å². The fourth-order valence-corrected chi connectivity index (χ4v) is 1.50. The summed E-state index contributed by atoms with van der Waals surface area (Å²) in [5.41, 5.74) is 0.222. The highest BCUT2D eigenvalue weighted by atomic mass is 32.1. The van der Waals surface area contributed by atoms with E-state index in [4.69, 9.17) is 12.2 Å². The van der Waals surface area contributed by atoms with E-state index in [1.165, 1.54) is 0 Å². The molecule has 0 spiro atoms. The lowest BCUT2D eigenvalue weighted by molar-refractivity contribution is 0.393. The predicted molar refractivity (Wildman–Crippen MR) is 60.8 cm³/mol. The maximum Gasteiger partial charge on any atom is 0.195 e. The van der Waals surface area contributed by atoms with Gasteiger partial charge in [-0.3, -0.25) is 5.10 Å². The second kappa shape index (κ2) is 4.09. The highest BCUT2D eigenvalue weighted by molar-refractivity contribution is 7.71. The van der Waals surface area contributed by atoms with Crippen LogP contribution in [0, 0.1) is 10.2 Å². The number of hydrogen-bond acceptors (Lipinski definition) is 2. The lowest BCUT2D eigenvalue weighted by atomic mass is 9.92. The summed E-state index contributed by atoms with van der Waals surface area (Å²) in [4.78, 5) is 0. The van der Waals surface area contributed by atoms with E-state index in [0.717, 1.165) is 18.8 Å². The van der Waals surface area contributed by atoms with E-state index in [1.807, 2.05) is 10.6 Å². The summed E-state index contributed by atoms with van der Waals surface area (Å²) in [7, 11) is 0. The van der Waals surface area contributed by atoms with Crippen LogP contribution in [0.3, 0.4) is 0 Å². The Balaban J connectivity index is 2.97. The molecule has 78 valence electrons. The predicted octanol–water partition coefficient (Wildman–Crippen LogP) is 2.72. The summed E-state index contributed by atoms with van der Waals surface area (Å²) in [5.74, 6) is 1.00. The summed E-state index contributed by atoms with van der Waals surface area (Å²) >= 11 is 5.12. The van der Waals surface area contributed by atoms with Crippen LogP contribution >= 0.6 is 12.2 Å². The number of H-pyrrole nitrogens is 1. The quantitative estimate of drug-likeness (QED) is 0.616. The van der Waals surface area contributed by atoms with Crippen LogP contribution in [0.2, 0.25) is 0 Å². The van der Waals surface area contributed by atoms with Crippen molar-refractivity contribution in [2.24, 2.45) is 5.41 Å². The van der Waals surface area contributed by atoms with E-state index < -0.39 is 0 Å². The molecule has 14 heavy (non-hydrogen) atoms. The van der Waals surface area contributed by atoms with Gasteiger partial charge in [0.2, 0.25) is 0 Å². The van der Waals surface area contributed by atoms with Gasteiger partial charge in [-0.05, 0) is 17.6 Å². The Morgan fingerprint density at radius 3 is 2.71 bits per heavy atom. The van der Waals surface area contributed by atoms with Gasteiger partial charge in [-0.2, -0.15) is 5.10 Å². The minimum atomic E-state index is 0.222. The molecule has 0 aliphatic carbocycles. The maximum absolute atomic E-state index is 5.12. The summed E-state index contributed by atoms with van der Waals surface area (Å²) in [5, 5.41) is 7.03. The van der Waals surface area contributed by atoms with Crippen molar-refractivity contribution in [3.63, 3.8) is 0 Å². The zero-order valence-corrected chi connectivity index (χ0v) is 9.82. The summed E-state index contributed by atoms with van der Waals surface area (Å²) in [6, 6.07) is 0. The van der Waals surface area contributed by atoms with Gasteiger partial charge < -0.3 is 4.57 Å². The Labute approximate surface area is 89.8 Å². The van der Waals surface area contributed by atoms with Crippen LogP contribution in [-0.4, -0.2) is 14.8 Å². The zero-order chi connectivity index (χ0) is 10.8. The third-order valence-corrected chi connectivity index (χ3v) is 2.15. The van der Waals surface area contributed by atoms with Gasteiger partial charge in [-0.15, -0.1) is 6.58 Å². The molecule has 0 saturated carbocycles. The van der Waals surface area contributed by atoms with Gasteiger partial charge in [0.1, 0.15) is 5.82 Å². The van der Waals surface area contributed by atoms with Crippen LogP contribution in [-0.2, 0) is 13.0 Å². The second-order valence-corrected chi connectivity index (χ2v) is 4.97. The molecule has 0 aromatic carbocycles. The molecule has 0 fully saturated rings. The van der Waals surface area contributed by atoms with Gasteiger partial charge in [0.05, 0.1) is 0 Å². The number of nitrogens with zero attached hydrogens (tertiary/aromatic N) is 2. The second-order valence-electron chi connectivity index (χ2n) is 4.58. The largest absolute Gasteiger partial charge is 0.300 e. The molecule has 0 radical (unpaired) electrons. The fourth-order valence-electron chi connectivity index (χ4n) is 1.28. The van der Waals surface area contributed by atoms with Crippen molar-refractivity contribution in [3.05, 3.63) is 23.3 Å². The molecule has 0 bridgehead atoms. The van der Waals surface area contributed by atoms with Crippen molar-refractivity contribution in [1.82, 2.24) is 14.8 Å². The molecule has 1 rings (SSSR count). The first-order valence-electron chi connectivity index (χ1n) is 4.69. The molecule has 4 heteroatoms. The summed E-state index contributed by atoms with van der Waals surface area (Å²) in [6.45, 7) is 11.0. The fraction of sp³-hybridized carbons (Fsp3) is 0.600. The standard InChI is InChI=1S/C10H17N3S/c1-5-6-13-8(7-10(2,3)4)11-12-9(13)14/h5H,1,6-7H2,2-4H3,(H,12,14). The van der Waals surface area contributed by atoms with Crippen LogP contribution in [0.15, 0.2) is 12.7 Å². The van der Waals surface area contributed by atoms with E-state index >= 15 is 0 Å². The number of allylic oxidation sites excluding steroid dienone is 1. The van der Waals surface area contributed by atoms with Gasteiger partial charge in [-0.25, -0.2) is 0 Å². The number of hydrogen-bond donors (Lipinski definition) is 1. The summed E-state index contributed by atoms with van der Waals surface area (Å²) in [6.07, 6.45) is 2.74. The number of nitrogens with one attached hydrogen (secondary N) is 1. The van der Waals surface area contributed by atoms with Crippen LogP contribution in [0.1, 0.15) is 26.6 Å². The Hall–Kier alpha value is -0.900. The van der Waals surface area contributed by atoms with Crippen LogP contribution in [0.25, 0.3) is 0 Å². The Morgan fingerprint density at radius 2 is 2.21 bits per heavy atom. The van der Waals surface area contributed by atoms with Gasteiger partial charge >= 0.3 is 0 Å². The molecule has 1 N–H and O–H groups in total. The molecule has 1 aromatic rings. The van der Waals surface area contributed by atoms with Crippen molar-refractivity contribution in [3.8, 4) is 0 Å². The zero-order valence-electron chi connectivity index (χ0n) is 9.00. The topological polar surface area (TPSA) is 33.6 Å². The number of aromatic nitrogens is 3. The maximum atomic E-state index is 5.12. The molecule has 1 heterocycles.